The first-order chi connectivity index (χ1) is 39.5. The Balaban J connectivity index is 1.59. The zero-order chi connectivity index (χ0) is 62.6. The van der Waals surface area contributed by atoms with Gasteiger partial charge >= 0.3 is 17.9 Å². The summed E-state index contributed by atoms with van der Waals surface area (Å²) in [6.45, 7) is 5.77. The molecule has 29 heteroatoms. The van der Waals surface area contributed by atoms with Crippen LogP contribution < -0.4 is 37.6 Å². The summed E-state index contributed by atoms with van der Waals surface area (Å²) in [6.07, 6.45) is -2.49. The minimum atomic E-state index is -1.86. The number of aliphatic hydroxyl groups is 1. The molecule has 0 radical (unpaired) electrons. The first-order valence-corrected chi connectivity index (χ1v) is 26.7. The maximum atomic E-state index is 15.4. The number of nitrogens with one attached hydrogen (secondary N) is 6. The fraction of sp³-hybridized carbons (Fsp3) is 0.473. The van der Waals surface area contributed by atoms with Crippen molar-refractivity contribution in [1.29, 1.82) is 0 Å². The largest absolute Gasteiger partial charge is 0.481 e. The van der Waals surface area contributed by atoms with Crippen LogP contribution in [0.2, 0.25) is 0 Å². The number of nitrogens with zero attached hydrogens (tertiary/aromatic N) is 3. The number of hydrogen-bond acceptors (Lipinski definition) is 15. The summed E-state index contributed by atoms with van der Waals surface area (Å²) in [5, 5.41) is 43.4. The van der Waals surface area contributed by atoms with Crippen molar-refractivity contribution in [3.63, 3.8) is 0 Å². The van der Waals surface area contributed by atoms with Crippen molar-refractivity contribution in [1.82, 2.24) is 46.4 Å². The molecule has 1 aliphatic heterocycles. The SMILES string of the molecule is CC(NC(=O)CCCC(=O)ON1C(=O)CCC1=O)C(=O)NC(C)C(=O)NC(CC(N)=O)C(=O)NC(CCN(C(=O)CO)C(c1cc(-c2cc(F)ccc2F)cn1Cc1ccccc1)C(C)(C)C)C(=O)NCCC(=O)NC(CCC(=O)O)C(=O)O. The first kappa shape index (κ1) is 67.4. The summed E-state index contributed by atoms with van der Waals surface area (Å²) in [5.74, 6) is -14.6. The molecule has 1 fully saturated rings. The molecular formula is C55H70F2N10O17. The van der Waals surface area contributed by atoms with Crippen LogP contribution in [-0.2, 0) is 73.7 Å². The number of aromatic nitrogens is 1. The van der Waals surface area contributed by atoms with Crippen LogP contribution in [0.3, 0.4) is 0 Å². The molecule has 2 heterocycles. The Morgan fingerprint density at radius 2 is 1.35 bits per heavy atom. The smallest absolute Gasteiger partial charge is 0.333 e. The molecule has 0 bridgehead atoms. The second-order valence-electron chi connectivity index (χ2n) is 20.8. The van der Waals surface area contributed by atoms with Gasteiger partial charge in [0.1, 0.15) is 48.5 Å². The van der Waals surface area contributed by atoms with Gasteiger partial charge in [-0.15, -0.1) is 5.06 Å². The van der Waals surface area contributed by atoms with Gasteiger partial charge in [-0.05, 0) is 68.4 Å². The molecule has 6 unspecified atom stereocenters. The van der Waals surface area contributed by atoms with E-state index in [1.165, 1.54) is 18.7 Å². The molecule has 6 atom stereocenters. The third kappa shape index (κ3) is 20.7. The van der Waals surface area contributed by atoms with Crippen LogP contribution >= 0.6 is 0 Å². The Labute approximate surface area is 480 Å². The fourth-order valence-electron chi connectivity index (χ4n) is 8.81. The molecule has 0 saturated carbocycles. The predicted octanol–water partition coefficient (Wildman–Crippen LogP) is 0.352. The number of hydroxylamine groups is 2. The number of carbonyl (C=O) groups excluding carboxylic acids is 11. The molecule has 456 valence electrons. The Kier molecular flexibility index (Phi) is 25.1. The average molecular weight is 1180 g/mol. The van der Waals surface area contributed by atoms with Gasteiger partial charge in [-0.3, -0.25) is 52.7 Å². The Hall–Kier alpha value is -9.15. The minimum Gasteiger partial charge on any atom is -0.481 e. The topological polar surface area (TPSA) is 401 Å². The van der Waals surface area contributed by atoms with Crippen molar-refractivity contribution in [3.8, 4) is 11.1 Å². The average Bonchev–Trinajstić information content (AvgIpc) is 2.02. The Bertz CT molecular complexity index is 2930. The zero-order valence-electron chi connectivity index (χ0n) is 46.9. The van der Waals surface area contributed by atoms with E-state index in [1.807, 2.05) is 12.1 Å². The zero-order valence-corrected chi connectivity index (χ0v) is 46.9. The molecule has 0 aliphatic carbocycles. The van der Waals surface area contributed by atoms with Crippen LogP contribution in [0.25, 0.3) is 11.1 Å². The number of aliphatic hydroxyl groups excluding tert-OH is 1. The minimum absolute atomic E-state index is 0.104. The van der Waals surface area contributed by atoms with Crippen LogP contribution in [-0.4, -0.2) is 157 Å². The van der Waals surface area contributed by atoms with E-state index < -0.39 is 182 Å². The standard InChI is InChI=1S/C55H70F2N10O17/c1-30(60-42(70)12-9-13-48(77)84-67-44(72)17-18-45(67)73)50(78)61-31(2)51(79)64-39(26-41(58)69)53(81)63-37(52(80)59-22-20-43(71)62-38(54(82)83)16-19-47(75)76)21-23-66(46(74)29-68)49(55(3,4)5)40-24-33(35-25-34(56)14-15-36(35)57)28-65(40)27-32-10-7-6-8-11-32/h6-8,10-11,14-15,24-25,28,30-31,37-39,49,68H,9,12-13,16-23,26-27,29H2,1-5H3,(H2,58,69)(H,59,80)(H,60,70)(H,61,78)(H,62,71)(H,63,81)(H,64,79)(H,75,76)(H,82,83). The number of carbonyl (C=O) groups is 13. The van der Waals surface area contributed by atoms with Crippen LogP contribution in [0, 0.1) is 17.0 Å². The molecule has 84 heavy (non-hydrogen) atoms. The van der Waals surface area contributed by atoms with Crippen molar-refractivity contribution in [3.05, 3.63) is 83.7 Å². The lowest BCUT2D eigenvalue weighted by Gasteiger charge is -2.41. The third-order valence-corrected chi connectivity index (χ3v) is 13.0. The predicted molar refractivity (Wildman–Crippen MR) is 289 cm³/mol. The van der Waals surface area contributed by atoms with Crippen LogP contribution in [0.5, 0.6) is 0 Å². The number of hydrogen-bond donors (Lipinski definition) is 10. The van der Waals surface area contributed by atoms with Gasteiger partial charge in [-0.25, -0.2) is 18.4 Å². The van der Waals surface area contributed by atoms with Gasteiger partial charge in [0.2, 0.25) is 47.3 Å². The summed E-state index contributed by atoms with van der Waals surface area (Å²) in [4.78, 5) is 171. The van der Waals surface area contributed by atoms with Crippen LogP contribution in [0.15, 0.2) is 60.8 Å². The molecule has 0 spiro atoms. The van der Waals surface area contributed by atoms with E-state index in [0.717, 1.165) is 23.8 Å². The van der Waals surface area contributed by atoms with Gasteiger partial charge in [0, 0.05) is 81.2 Å². The number of imide groups is 1. The van der Waals surface area contributed by atoms with Gasteiger partial charge in [0.05, 0.1) is 12.5 Å². The van der Waals surface area contributed by atoms with Crippen LogP contribution in [0.4, 0.5) is 8.78 Å². The van der Waals surface area contributed by atoms with Crippen molar-refractivity contribution >= 4 is 77.0 Å². The van der Waals surface area contributed by atoms with E-state index >= 15 is 4.39 Å². The summed E-state index contributed by atoms with van der Waals surface area (Å²) < 4.78 is 31.8. The van der Waals surface area contributed by atoms with Gasteiger partial charge < -0.3 is 67.3 Å². The van der Waals surface area contributed by atoms with E-state index in [9.17, 15) is 76.9 Å². The Morgan fingerprint density at radius 3 is 1.95 bits per heavy atom. The lowest BCUT2D eigenvalue weighted by atomic mass is 9.82. The number of aliphatic carboxylic acids is 2. The summed E-state index contributed by atoms with van der Waals surface area (Å²) in [7, 11) is 0. The highest BCUT2D eigenvalue weighted by Gasteiger charge is 2.39. The van der Waals surface area contributed by atoms with Crippen molar-refractivity contribution in [2.24, 2.45) is 11.1 Å². The normalized spacial score (nSPS) is 14.4. The van der Waals surface area contributed by atoms with Crippen molar-refractivity contribution in [2.75, 3.05) is 19.7 Å². The van der Waals surface area contributed by atoms with E-state index in [0.29, 0.717) is 10.8 Å². The van der Waals surface area contributed by atoms with Crippen molar-refractivity contribution < 1.29 is 91.3 Å². The van der Waals surface area contributed by atoms with Crippen molar-refractivity contribution in [2.45, 2.75) is 142 Å². The highest BCUT2D eigenvalue weighted by molar-refractivity contribution is 6.02. The molecule has 10 amide bonds. The number of nitrogens with two attached hydrogens (primary N) is 1. The van der Waals surface area contributed by atoms with Gasteiger partial charge in [-0.2, -0.15) is 0 Å². The monoisotopic (exact) mass is 1180 g/mol. The highest BCUT2D eigenvalue weighted by atomic mass is 19.1. The van der Waals surface area contributed by atoms with Gasteiger partial charge in [0.15, 0.2) is 0 Å². The summed E-state index contributed by atoms with van der Waals surface area (Å²) in [6, 6.07) is 4.41. The number of amides is 10. The number of primary amides is 1. The first-order valence-electron chi connectivity index (χ1n) is 26.7. The molecular weight excluding hydrogens is 1110 g/mol. The molecule has 4 rings (SSSR count). The second-order valence-corrected chi connectivity index (χ2v) is 20.8. The second kappa shape index (κ2) is 31.3. The molecule has 1 aliphatic rings. The molecule has 2 aromatic carbocycles. The number of rotatable bonds is 32. The number of benzene rings is 2. The number of halogens is 2. The maximum absolute atomic E-state index is 15.4. The molecule has 1 saturated heterocycles. The molecule has 3 aromatic rings. The summed E-state index contributed by atoms with van der Waals surface area (Å²) >= 11 is 0. The maximum Gasteiger partial charge on any atom is 0.333 e. The third-order valence-electron chi connectivity index (χ3n) is 13.0. The lowest BCUT2D eigenvalue weighted by molar-refractivity contribution is -0.197. The van der Waals surface area contributed by atoms with E-state index in [-0.39, 0.29) is 49.8 Å². The van der Waals surface area contributed by atoms with Gasteiger partial charge in [0.25, 0.3) is 11.8 Å². The van der Waals surface area contributed by atoms with E-state index in [2.05, 4.69) is 31.9 Å². The Morgan fingerprint density at radius 1 is 0.726 bits per heavy atom. The van der Waals surface area contributed by atoms with Gasteiger partial charge in [-0.1, -0.05) is 51.1 Å². The highest BCUT2D eigenvalue weighted by Crippen LogP contribution is 2.41. The quantitative estimate of drug-likeness (QED) is 0.0377. The lowest BCUT2D eigenvalue weighted by Crippen LogP contribution is -2.58. The fourth-order valence-corrected chi connectivity index (χ4v) is 8.81. The molecule has 1 aromatic heterocycles. The van der Waals surface area contributed by atoms with Crippen LogP contribution in [0.1, 0.15) is 116 Å². The number of carboxylic acids is 2. The number of carboxylic acid groups (broad SMARTS) is 2. The summed E-state index contributed by atoms with van der Waals surface area (Å²) in [5.41, 5.74) is 5.75. The molecule has 11 N–H and O–H groups in total. The molecule has 27 nitrogen and oxygen atoms in total. The van der Waals surface area contributed by atoms with E-state index in [4.69, 9.17) is 15.7 Å². The van der Waals surface area contributed by atoms with E-state index in [1.54, 1.807) is 55.8 Å².